The highest BCUT2D eigenvalue weighted by molar-refractivity contribution is 5.91. The Morgan fingerprint density at radius 1 is 0.962 bits per heavy atom. The topological polar surface area (TPSA) is 51.2 Å². The number of aryl methyl sites for hydroxylation is 1. The molecule has 2 aromatic carbocycles. The van der Waals surface area contributed by atoms with E-state index in [-0.39, 0.29) is 0 Å². The number of benzene rings is 2. The largest absolute Gasteiger partial charge is 0.417 e. The molecular weight excluding hydrogens is 324 g/mol. The van der Waals surface area contributed by atoms with E-state index in [9.17, 15) is 4.79 Å². The van der Waals surface area contributed by atoms with E-state index in [1.165, 1.54) is 5.56 Å². The molecule has 0 bridgehead atoms. The van der Waals surface area contributed by atoms with E-state index in [0.29, 0.717) is 17.4 Å². The standard InChI is InChI=1S/C22H22N2O2/c1-15(2)17-10-12-19(13-11-17)26-22(25)24-20-14-9-16(3)23-21(20)18-7-5-4-6-8-18/h4-15H,1-3H3,(H,24,25). The van der Waals surface area contributed by atoms with E-state index in [1.807, 2.05) is 61.5 Å². The maximum atomic E-state index is 12.3. The van der Waals surface area contributed by atoms with Crippen molar-refractivity contribution in [3.63, 3.8) is 0 Å². The number of carbonyl (C=O) groups excluding carboxylic acids is 1. The molecule has 132 valence electrons. The summed E-state index contributed by atoms with van der Waals surface area (Å²) in [5.41, 5.74) is 4.36. The molecule has 0 aliphatic carbocycles. The van der Waals surface area contributed by atoms with Gasteiger partial charge in [-0.25, -0.2) is 4.79 Å². The molecule has 26 heavy (non-hydrogen) atoms. The van der Waals surface area contributed by atoms with E-state index in [2.05, 4.69) is 24.1 Å². The van der Waals surface area contributed by atoms with Crippen LogP contribution >= 0.6 is 0 Å². The van der Waals surface area contributed by atoms with Crippen LogP contribution in [0.15, 0.2) is 66.7 Å². The first-order valence-electron chi connectivity index (χ1n) is 8.65. The second kappa shape index (κ2) is 7.83. The Kier molecular flexibility index (Phi) is 5.32. The number of ether oxygens (including phenoxy) is 1. The van der Waals surface area contributed by atoms with Crippen molar-refractivity contribution in [3.8, 4) is 17.0 Å². The van der Waals surface area contributed by atoms with Gasteiger partial charge in [-0.3, -0.25) is 10.3 Å². The lowest BCUT2D eigenvalue weighted by atomic mass is 10.0. The van der Waals surface area contributed by atoms with Gasteiger partial charge >= 0.3 is 6.09 Å². The van der Waals surface area contributed by atoms with Crippen molar-refractivity contribution in [1.29, 1.82) is 0 Å². The van der Waals surface area contributed by atoms with Gasteiger partial charge in [0, 0.05) is 11.3 Å². The van der Waals surface area contributed by atoms with Gasteiger partial charge in [0.15, 0.2) is 0 Å². The van der Waals surface area contributed by atoms with Gasteiger partial charge in [0.1, 0.15) is 5.75 Å². The number of hydrogen-bond donors (Lipinski definition) is 1. The van der Waals surface area contributed by atoms with Crippen molar-refractivity contribution in [1.82, 2.24) is 4.98 Å². The number of carbonyl (C=O) groups is 1. The van der Waals surface area contributed by atoms with Crippen LogP contribution in [-0.4, -0.2) is 11.1 Å². The minimum absolute atomic E-state index is 0.435. The van der Waals surface area contributed by atoms with E-state index in [0.717, 1.165) is 17.0 Å². The highest BCUT2D eigenvalue weighted by Gasteiger charge is 2.12. The molecule has 0 saturated heterocycles. The molecule has 0 aliphatic heterocycles. The Morgan fingerprint density at radius 2 is 1.65 bits per heavy atom. The Balaban J connectivity index is 1.77. The summed E-state index contributed by atoms with van der Waals surface area (Å²) in [6.45, 7) is 6.17. The summed E-state index contributed by atoms with van der Waals surface area (Å²) in [7, 11) is 0. The first-order chi connectivity index (χ1) is 12.5. The Hall–Kier alpha value is -3.14. The number of rotatable bonds is 4. The number of amides is 1. The third kappa shape index (κ3) is 4.28. The molecule has 0 fully saturated rings. The van der Waals surface area contributed by atoms with Crippen LogP contribution in [0.1, 0.15) is 31.0 Å². The number of nitrogens with one attached hydrogen (secondary N) is 1. The summed E-state index contributed by atoms with van der Waals surface area (Å²) in [5, 5.41) is 2.80. The van der Waals surface area contributed by atoms with Crippen molar-refractivity contribution in [2.75, 3.05) is 5.32 Å². The molecule has 1 heterocycles. The number of aromatic nitrogens is 1. The zero-order chi connectivity index (χ0) is 18.5. The lowest BCUT2D eigenvalue weighted by molar-refractivity contribution is 0.215. The first kappa shape index (κ1) is 17.7. The average molecular weight is 346 g/mol. The van der Waals surface area contributed by atoms with E-state index < -0.39 is 6.09 Å². The highest BCUT2D eigenvalue weighted by Crippen LogP contribution is 2.26. The molecule has 0 atom stereocenters. The lowest BCUT2D eigenvalue weighted by Crippen LogP contribution is -2.17. The molecule has 0 unspecified atom stereocenters. The zero-order valence-corrected chi connectivity index (χ0v) is 15.2. The SMILES string of the molecule is Cc1ccc(NC(=O)Oc2ccc(C(C)C)cc2)c(-c2ccccc2)n1. The zero-order valence-electron chi connectivity index (χ0n) is 15.2. The van der Waals surface area contributed by atoms with Gasteiger partial charge in [0.05, 0.1) is 11.4 Å². The molecule has 1 N–H and O–H groups in total. The summed E-state index contributed by atoms with van der Waals surface area (Å²) < 4.78 is 5.40. The molecule has 3 rings (SSSR count). The summed E-state index contributed by atoms with van der Waals surface area (Å²) >= 11 is 0. The van der Waals surface area contributed by atoms with Crippen molar-refractivity contribution in [3.05, 3.63) is 78.0 Å². The lowest BCUT2D eigenvalue weighted by Gasteiger charge is -2.12. The summed E-state index contributed by atoms with van der Waals surface area (Å²) in [6, 6.07) is 21.0. The van der Waals surface area contributed by atoms with Gasteiger partial charge < -0.3 is 4.74 Å². The second-order valence-corrected chi connectivity index (χ2v) is 6.45. The Bertz CT molecular complexity index is 888. The van der Waals surface area contributed by atoms with Crippen LogP contribution in [0.4, 0.5) is 10.5 Å². The Morgan fingerprint density at radius 3 is 2.31 bits per heavy atom. The van der Waals surface area contributed by atoms with Gasteiger partial charge in [0.25, 0.3) is 0 Å². The van der Waals surface area contributed by atoms with Crippen LogP contribution in [0.2, 0.25) is 0 Å². The first-order valence-corrected chi connectivity index (χ1v) is 8.65. The minimum atomic E-state index is -0.537. The Labute approximate surface area is 153 Å². The fourth-order valence-corrected chi connectivity index (χ4v) is 2.64. The molecule has 0 spiro atoms. The van der Waals surface area contributed by atoms with Gasteiger partial charge in [-0.05, 0) is 42.7 Å². The molecule has 4 heteroatoms. The fraction of sp³-hybridized carbons (Fsp3) is 0.182. The minimum Gasteiger partial charge on any atom is -0.410 e. The maximum Gasteiger partial charge on any atom is 0.417 e. The van der Waals surface area contributed by atoms with E-state index >= 15 is 0 Å². The molecule has 1 aromatic heterocycles. The molecular formula is C22H22N2O2. The smallest absolute Gasteiger partial charge is 0.410 e. The van der Waals surface area contributed by atoms with Crippen molar-refractivity contribution in [2.24, 2.45) is 0 Å². The number of hydrogen-bond acceptors (Lipinski definition) is 3. The summed E-state index contributed by atoms with van der Waals surface area (Å²) in [4.78, 5) is 16.9. The molecule has 1 amide bonds. The third-order valence-corrected chi connectivity index (χ3v) is 4.08. The van der Waals surface area contributed by atoms with Crippen molar-refractivity contribution in [2.45, 2.75) is 26.7 Å². The van der Waals surface area contributed by atoms with Crippen LogP contribution in [-0.2, 0) is 0 Å². The predicted molar refractivity (Wildman–Crippen MR) is 105 cm³/mol. The molecule has 4 nitrogen and oxygen atoms in total. The van der Waals surface area contributed by atoms with Gasteiger partial charge in [-0.15, -0.1) is 0 Å². The predicted octanol–water partition coefficient (Wildman–Crippen LogP) is 5.79. The van der Waals surface area contributed by atoms with Crippen molar-refractivity contribution >= 4 is 11.8 Å². The number of nitrogens with zero attached hydrogens (tertiary/aromatic N) is 1. The fourth-order valence-electron chi connectivity index (χ4n) is 2.64. The van der Waals surface area contributed by atoms with Gasteiger partial charge in [-0.2, -0.15) is 0 Å². The van der Waals surface area contributed by atoms with Gasteiger partial charge in [-0.1, -0.05) is 56.3 Å². The third-order valence-electron chi connectivity index (χ3n) is 4.08. The van der Waals surface area contributed by atoms with E-state index in [4.69, 9.17) is 4.74 Å². The quantitative estimate of drug-likeness (QED) is 0.650. The highest BCUT2D eigenvalue weighted by atomic mass is 16.6. The monoisotopic (exact) mass is 346 g/mol. The molecule has 0 aliphatic rings. The van der Waals surface area contributed by atoms with Crippen LogP contribution in [0.5, 0.6) is 5.75 Å². The van der Waals surface area contributed by atoms with Crippen LogP contribution in [0, 0.1) is 6.92 Å². The number of anilines is 1. The normalized spacial score (nSPS) is 10.6. The van der Waals surface area contributed by atoms with E-state index in [1.54, 1.807) is 12.1 Å². The second-order valence-electron chi connectivity index (χ2n) is 6.45. The molecule has 0 radical (unpaired) electrons. The van der Waals surface area contributed by atoms with Crippen LogP contribution in [0.3, 0.4) is 0 Å². The van der Waals surface area contributed by atoms with Crippen LogP contribution < -0.4 is 10.1 Å². The van der Waals surface area contributed by atoms with Crippen molar-refractivity contribution < 1.29 is 9.53 Å². The van der Waals surface area contributed by atoms with Crippen LogP contribution in [0.25, 0.3) is 11.3 Å². The summed E-state index contributed by atoms with van der Waals surface area (Å²) in [5.74, 6) is 0.943. The number of pyridine rings is 1. The molecule has 0 saturated carbocycles. The average Bonchev–Trinajstić information content (AvgIpc) is 2.64. The maximum absolute atomic E-state index is 12.3. The van der Waals surface area contributed by atoms with Gasteiger partial charge in [0.2, 0.25) is 0 Å². The summed E-state index contributed by atoms with van der Waals surface area (Å²) in [6.07, 6.45) is -0.537. The molecule has 3 aromatic rings.